The first-order valence-electron chi connectivity index (χ1n) is 9.25. The van der Waals surface area contributed by atoms with Crippen LogP contribution in [0.3, 0.4) is 0 Å². The Bertz CT molecular complexity index is 923. The molecule has 1 heterocycles. The molecule has 0 spiro atoms. The quantitative estimate of drug-likeness (QED) is 0.858. The molecular formula is C22H26N2O4. The van der Waals surface area contributed by atoms with E-state index in [2.05, 4.69) is 5.32 Å². The molecule has 2 aromatic carbocycles. The molecule has 0 aliphatic carbocycles. The van der Waals surface area contributed by atoms with E-state index in [0.29, 0.717) is 23.7 Å². The van der Waals surface area contributed by atoms with Crippen LogP contribution >= 0.6 is 0 Å². The predicted molar refractivity (Wildman–Crippen MR) is 109 cm³/mol. The minimum Gasteiger partial charge on any atom is -0.493 e. The van der Waals surface area contributed by atoms with Crippen LogP contribution in [0.25, 0.3) is 0 Å². The molecule has 0 unspecified atom stereocenters. The van der Waals surface area contributed by atoms with Gasteiger partial charge in [0.05, 0.1) is 20.1 Å². The molecule has 3 rings (SSSR count). The molecular weight excluding hydrogens is 356 g/mol. The second-order valence-corrected chi connectivity index (χ2v) is 7.14. The second kappa shape index (κ2) is 7.92. The van der Waals surface area contributed by atoms with Gasteiger partial charge in [0.1, 0.15) is 0 Å². The zero-order valence-corrected chi connectivity index (χ0v) is 17.0. The van der Waals surface area contributed by atoms with E-state index in [-0.39, 0.29) is 18.2 Å². The van der Waals surface area contributed by atoms with E-state index in [9.17, 15) is 9.59 Å². The Balaban J connectivity index is 1.78. The number of ether oxygens (including phenoxy) is 2. The zero-order chi connectivity index (χ0) is 20.4. The first-order chi connectivity index (χ1) is 13.3. The molecule has 1 N–H and O–H groups in total. The van der Waals surface area contributed by atoms with Crippen LogP contribution in [0.1, 0.15) is 23.1 Å². The summed E-state index contributed by atoms with van der Waals surface area (Å²) in [6.45, 7) is 6.28. The molecule has 1 fully saturated rings. The van der Waals surface area contributed by atoms with Crippen molar-refractivity contribution >= 4 is 23.2 Å². The van der Waals surface area contributed by atoms with Crippen molar-refractivity contribution in [3.8, 4) is 11.5 Å². The first-order valence-corrected chi connectivity index (χ1v) is 9.25. The minimum atomic E-state index is -0.403. The van der Waals surface area contributed by atoms with Crippen LogP contribution in [0.2, 0.25) is 0 Å². The SMILES string of the molecule is COc1cc(C)c(NC(=O)[C@@H]2CC(=O)N(c3cccc(C)c3C)C2)cc1OC. The summed E-state index contributed by atoms with van der Waals surface area (Å²) in [4.78, 5) is 27.1. The fourth-order valence-electron chi connectivity index (χ4n) is 3.49. The van der Waals surface area contributed by atoms with Gasteiger partial charge in [-0.25, -0.2) is 0 Å². The van der Waals surface area contributed by atoms with Crippen molar-refractivity contribution in [1.82, 2.24) is 0 Å². The van der Waals surface area contributed by atoms with Crippen molar-refractivity contribution in [2.45, 2.75) is 27.2 Å². The van der Waals surface area contributed by atoms with Crippen molar-refractivity contribution in [1.29, 1.82) is 0 Å². The molecule has 2 aromatic rings. The smallest absolute Gasteiger partial charge is 0.229 e. The van der Waals surface area contributed by atoms with E-state index < -0.39 is 5.92 Å². The van der Waals surface area contributed by atoms with Gasteiger partial charge in [0, 0.05) is 30.4 Å². The molecule has 0 aromatic heterocycles. The van der Waals surface area contributed by atoms with Crippen molar-refractivity contribution in [3.05, 3.63) is 47.0 Å². The molecule has 2 amide bonds. The Labute approximate surface area is 165 Å². The summed E-state index contributed by atoms with van der Waals surface area (Å²) in [5.74, 6) is 0.548. The number of methoxy groups -OCH3 is 2. The molecule has 6 heteroatoms. The molecule has 1 aliphatic heterocycles. The summed E-state index contributed by atoms with van der Waals surface area (Å²) >= 11 is 0. The van der Waals surface area contributed by atoms with Crippen molar-refractivity contribution in [3.63, 3.8) is 0 Å². The number of hydrogen-bond acceptors (Lipinski definition) is 4. The van der Waals surface area contributed by atoms with Crippen LogP contribution in [0, 0.1) is 26.7 Å². The molecule has 1 aliphatic rings. The Kier molecular flexibility index (Phi) is 5.58. The van der Waals surface area contributed by atoms with Crippen molar-refractivity contribution in [2.75, 3.05) is 31.0 Å². The van der Waals surface area contributed by atoms with Gasteiger partial charge in [0.15, 0.2) is 11.5 Å². The normalized spacial score (nSPS) is 16.2. The second-order valence-electron chi connectivity index (χ2n) is 7.14. The van der Waals surface area contributed by atoms with E-state index in [1.54, 1.807) is 25.2 Å². The predicted octanol–water partition coefficient (Wildman–Crippen LogP) is 3.62. The Hall–Kier alpha value is -3.02. The summed E-state index contributed by atoms with van der Waals surface area (Å²) in [7, 11) is 3.12. The van der Waals surface area contributed by atoms with E-state index in [1.807, 2.05) is 45.0 Å². The number of carbonyl (C=O) groups is 2. The van der Waals surface area contributed by atoms with Gasteiger partial charge in [-0.3, -0.25) is 9.59 Å². The molecule has 28 heavy (non-hydrogen) atoms. The zero-order valence-electron chi connectivity index (χ0n) is 17.0. The molecule has 6 nitrogen and oxygen atoms in total. The van der Waals surface area contributed by atoms with E-state index >= 15 is 0 Å². The Morgan fingerprint density at radius 1 is 1.07 bits per heavy atom. The number of anilines is 2. The highest BCUT2D eigenvalue weighted by Gasteiger charge is 2.36. The average molecular weight is 382 g/mol. The van der Waals surface area contributed by atoms with E-state index in [4.69, 9.17) is 9.47 Å². The monoisotopic (exact) mass is 382 g/mol. The fraction of sp³-hybridized carbons (Fsp3) is 0.364. The topological polar surface area (TPSA) is 67.9 Å². The number of nitrogens with one attached hydrogen (secondary N) is 1. The maximum absolute atomic E-state index is 12.8. The van der Waals surface area contributed by atoms with Gasteiger partial charge < -0.3 is 19.7 Å². The molecule has 1 atom stereocenters. The van der Waals surface area contributed by atoms with Crippen molar-refractivity contribution in [2.24, 2.45) is 5.92 Å². The average Bonchev–Trinajstić information content (AvgIpc) is 3.06. The van der Waals surface area contributed by atoms with Crippen LogP contribution in [0.4, 0.5) is 11.4 Å². The Morgan fingerprint density at radius 3 is 2.43 bits per heavy atom. The molecule has 0 bridgehead atoms. The maximum atomic E-state index is 12.8. The van der Waals surface area contributed by atoms with Crippen LogP contribution < -0.4 is 19.7 Å². The van der Waals surface area contributed by atoms with Crippen LogP contribution in [0.15, 0.2) is 30.3 Å². The summed E-state index contributed by atoms with van der Waals surface area (Å²) < 4.78 is 10.6. The number of carbonyl (C=O) groups excluding carboxylic acids is 2. The lowest BCUT2D eigenvalue weighted by atomic mass is 10.1. The molecule has 0 saturated carbocycles. The van der Waals surface area contributed by atoms with Gasteiger partial charge >= 0.3 is 0 Å². The first kappa shape index (κ1) is 19.7. The summed E-state index contributed by atoms with van der Waals surface area (Å²) in [6, 6.07) is 9.44. The largest absolute Gasteiger partial charge is 0.493 e. The lowest BCUT2D eigenvalue weighted by Gasteiger charge is -2.20. The lowest BCUT2D eigenvalue weighted by molar-refractivity contribution is -0.122. The highest BCUT2D eigenvalue weighted by molar-refractivity contribution is 6.04. The highest BCUT2D eigenvalue weighted by atomic mass is 16.5. The summed E-state index contributed by atoms with van der Waals surface area (Å²) in [6.07, 6.45) is 0.200. The van der Waals surface area contributed by atoms with Gasteiger partial charge in [-0.1, -0.05) is 12.1 Å². The van der Waals surface area contributed by atoms with E-state index in [0.717, 1.165) is 22.4 Å². The Morgan fingerprint density at radius 2 is 1.75 bits per heavy atom. The van der Waals surface area contributed by atoms with E-state index in [1.165, 1.54) is 0 Å². The number of rotatable bonds is 5. The standard InChI is InChI=1S/C22H26N2O4/c1-13-7-6-8-18(15(13)3)24-12-16(10-21(24)25)22(26)23-17-11-20(28-5)19(27-4)9-14(17)2/h6-9,11,16H,10,12H2,1-5H3,(H,23,26)/t16-/m1/s1. The maximum Gasteiger partial charge on any atom is 0.229 e. The molecule has 0 radical (unpaired) electrons. The van der Waals surface area contributed by atoms with Crippen LogP contribution in [-0.4, -0.2) is 32.6 Å². The number of hydrogen-bond donors (Lipinski definition) is 1. The summed E-state index contributed by atoms with van der Waals surface area (Å²) in [5, 5.41) is 2.94. The third-order valence-corrected chi connectivity index (χ3v) is 5.35. The van der Waals surface area contributed by atoms with Crippen LogP contribution in [-0.2, 0) is 9.59 Å². The van der Waals surface area contributed by atoms with Gasteiger partial charge in [-0.15, -0.1) is 0 Å². The van der Waals surface area contributed by atoms with Crippen LogP contribution in [0.5, 0.6) is 11.5 Å². The van der Waals surface area contributed by atoms with Gasteiger partial charge in [0.2, 0.25) is 11.8 Å². The number of amides is 2. The summed E-state index contributed by atoms with van der Waals surface area (Å²) in [5.41, 5.74) is 4.58. The third kappa shape index (κ3) is 3.67. The van der Waals surface area contributed by atoms with Gasteiger partial charge in [0.25, 0.3) is 0 Å². The van der Waals surface area contributed by atoms with Gasteiger partial charge in [-0.2, -0.15) is 0 Å². The number of aryl methyl sites for hydroxylation is 2. The van der Waals surface area contributed by atoms with Crippen molar-refractivity contribution < 1.29 is 19.1 Å². The number of nitrogens with zero attached hydrogens (tertiary/aromatic N) is 1. The molecule has 148 valence electrons. The lowest BCUT2D eigenvalue weighted by Crippen LogP contribution is -2.28. The van der Waals surface area contributed by atoms with Gasteiger partial charge in [-0.05, 0) is 49.6 Å². The molecule has 1 saturated heterocycles. The highest BCUT2D eigenvalue weighted by Crippen LogP contribution is 2.34. The number of benzene rings is 2. The minimum absolute atomic E-state index is 0.0297. The third-order valence-electron chi connectivity index (χ3n) is 5.35. The fourth-order valence-corrected chi connectivity index (χ4v) is 3.49.